The van der Waals surface area contributed by atoms with Gasteiger partial charge in [0.15, 0.2) is 0 Å². The Balaban J connectivity index is 1.91. The van der Waals surface area contributed by atoms with Crippen molar-refractivity contribution in [3.8, 4) is 10.6 Å². The Morgan fingerprint density at radius 1 is 1.12 bits per heavy atom. The highest BCUT2D eigenvalue weighted by atomic mass is 32.2. The van der Waals surface area contributed by atoms with E-state index in [4.69, 9.17) is 0 Å². The van der Waals surface area contributed by atoms with Gasteiger partial charge in [-0.2, -0.15) is 0 Å². The van der Waals surface area contributed by atoms with Gasteiger partial charge in [-0.25, -0.2) is 17.7 Å². The molecule has 0 fully saturated rings. The van der Waals surface area contributed by atoms with Crippen LogP contribution in [0.4, 0.5) is 0 Å². The lowest BCUT2D eigenvalue weighted by Crippen LogP contribution is -2.26. The SMILES string of the molecule is CN(C)S(=O)(=O)c1ccc(=O)n(Cc2csc(-c3ccccc3)n2)c1. The highest BCUT2D eigenvalue weighted by Crippen LogP contribution is 2.23. The minimum Gasteiger partial charge on any atom is -0.308 e. The fourth-order valence-electron chi connectivity index (χ4n) is 2.26. The molecule has 3 aromatic rings. The van der Waals surface area contributed by atoms with E-state index < -0.39 is 10.0 Å². The third-order valence-corrected chi connectivity index (χ3v) is 6.38. The second kappa shape index (κ2) is 6.91. The van der Waals surface area contributed by atoms with Crippen LogP contribution in [-0.2, 0) is 16.6 Å². The lowest BCUT2D eigenvalue weighted by atomic mass is 10.2. The summed E-state index contributed by atoms with van der Waals surface area (Å²) in [5.74, 6) is 0. The number of hydrogen-bond acceptors (Lipinski definition) is 5. The Bertz CT molecular complexity index is 1040. The summed E-state index contributed by atoms with van der Waals surface area (Å²) < 4.78 is 26.9. The molecule has 0 radical (unpaired) electrons. The van der Waals surface area contributed by atoms with Crippen molar-refractivity contribution >= 4 is 21.4 Å². The predicted molar refractivity (Wildman–Crippen MR) is 98.2 cm³/mol. The maximum atomic E-state index is 12.2. The quantitative estimate of drug-likeness (QED) is 0.686. The molecule has 8 heteroatoms. The van der Waals surface area contributed by atoms with E-state index in [-0.39, 0.29) is 17.0 Å². The molecule has 3 rings (SSSR count). The summed E-state index contributed by atoms with van der Waals surface area (Å²) in [5, 5.41) is 2.74. The van der Waals surface area contributed by atoms with E-state index >= 15 is 0 Å². The minimum absolute atomic E-state index is 0.0793. The molecule has 2 heterocycles. The van der Waals surface area contributed by atoms with Crippen LogP contribution in [-0.4, -0.2) is 36.4 Å². The number of hydrogen-bond donors (Lipinski definition) is 0. The molecule has 130 valence electrons. The van der Waals surface area contributed by atoms with Gasteiger partial charge < -0.3 is 4.57 Å². The van der Waals surface area contributed by atoms with Crippen LogP contribution in [0.25, 0.3) is 10.6 Å². The van der Waals surface area contributed by atoms with Crippen molar-refractivity contribution < 1.29 is 8.42 Å². The van der Waals surface area contributed by atoms with Gasteiger partial charge in [0.05, 0.1) is 17.1 Å². The monoisotopic (exact) mass is 375 g/mol. The fraction of sp³-hybridized carbons (Fsp3) is 0.176. The number of nitrogens with zero attached hydrogens (tertiary/aromatic N) is 3. The molecule has 1 aromatic carbocycles. The Morgan fingerprint density at radius 2 is 1.84 bits per heavy atom. The third kappa shape index (κ3) is 3.71. The van der Waals surface area contributed by atoms with Crippen molar-refractivity contribution in [2.45, 2.75) is 11.4 Å². The van der Waals surface area contributed by atoms with Crippen LogP contribution in [0.2, 0.25) is 0 Å². The van der Waals surface area contributed by atoms with Gasteiger partial charge in [-0.05, 0) is 6.07 Å². The molecule has 0 saturated carbocycles. The summed E-state index contributed by atoms with van der Waals surface area (Å²) in [4.78, 5) is 16.7. The smallest absolute Gasteiger partial charge is 0.250 e. The molecule has 0 N–H and O–H groups in total. The molecule has 0 aliphatic carbocycles. The Morgan fingerprint density at radius 3 is 2.52 bits per heavy atom. The Kier molecular flexibility index (Phi) is 4.85. The van der Waals surface area contributed by atoms with E-state index in [0.717, 1.165) is 14.9 Å². The van der Waals surface area contributed by atoms with Crippen molar-refractivity contribution in [1.82, 2.24) is 13.9 Å². The highest BCUT2D eigenvalue weighted by molar-refractivity contribution is 7.89. The molecule has 2 aromatic heterocycles. The summed E-state index contributed by atoms with van der Waals surface area (Å²) in [6, 6.07) is 12.4. The van der Waals surface area contributed by atoms with E-state index in [0.29, 0.717) is 5.69 Å². The summed E-state index contributed by atoms with van der Waals surface area (Å²) in [6.07, 6.45) is 1.36. The zero-order chi connectivity index (χ0) is 18.0. The van der Waals surface area contributed by atoms with Crippen LogP contribution in [0, 0.1) is 0 Å². The van der Waals surface area contributed by atoms with Gasteiger partial charge in [0.2, 0.25) is 10.0 Å². The lowest BCUT2D eigenvalue weighted by Gasteiger charge is -2.12. The molecular weight excluding hydrogens is 358 g/mol. The number of sulfonamides is 1. The van der Waals surface area contributed by atoms with Crippen LogP contribution in [0.5, 0.6) is 0 Å². The van der Waals surface area contributed by atoms with E-state index in [9.17, 15) is 13.2 Å². The van der Waals surface area contributed by atoms with E-state index in [2.05, 4.69) is 4.98 Å². The zero-order valence-corrected chi connectivity index (χ0v) is 15.4. The first kappa shape index (κ1) is 17.5. The molecular formula is C17H17N3O3S2. The van der Waals surface area contributed by atoms with Crippen molar-refractivity contribution in [3.05, 3.63) is 70.1 Å². The van der Waals surface area contributed by atoms with Gasteiger partial charge in [-0.15, -0.1) is 11.3 Å². The van der Waals surface area contributed by atoms with E-state index in [1.165, 1.54) is 48.3 Å². The Hall–Kier alpha value is -2.29. The maximum absolute atomic E-state index is 12.2. The van der Waals surface area contributed by atoms with Crippen LogP contribution in [0.1, 0.15) is 5.69 Å². The minimum atomic E-state index is -3.59. The summed E-state index contributed by atoms with van der Waals surface area (Å²) in [7, 11) is -0.679. The topological polar surface area (TPSA) is 72.3 Å². The summed E-state index contributed by atoms with van der Waals surface area (Å²) in [6.45, 7) is 0.221. The summed E-state index contributed by atoms with van der Waals surface area (Å²) >= 11 is 1.49. The van der Waals surface area contributed by atoms with Gasteiger partial charge in [0.25, 0.3) is 5.56 Å². The molecule has 0 aliphatic heterocycles. The first-order valence-electron chi connectivity index (χ1n) is 7.51. The van der Waals surface area contributed by atoms with Gasteiger partial charge >= 0.3 is 0 Å². The van der Waals surface area contributed by atoms with Crippen LogP contribution >= 0.6 is 11.3 Å². The number of aromatic nitrogens is 2. The molecule has 0 bridgehead atoms. The second-order valence-corrected chi connectivity index (χ2v) is 8.64. The van der Waals surface area contributed by atoms with E-state index in [1.54, 1.807) is 0 Å². The van der Waals surface area contributed by atoms with Gasteiger partial charge in [-0.1, -0.05) is 30.3 Å². The van der Waals surface area contributed by atoms with Gasteiger partial charge in [-0.3, -0.25) is 4.79 Å². The van der Waals surface area contributed by atoms with Crippen molar-refractivity contribution in [1.29, 1.82) is 0 Å². The predicted octanol–water partition coefficient (Wildman–Crippen LogP) is 2.27. The van der Waals surface area contributed by atoms with Crippen LogP contribution in [0.15, 0.2) is 63.7 Å². The molecule has 0 saturated heterocycles. The molecule has 6 nitrogen and oxygen atoms in total. The molecule has 0 unspecified atom stereocenters. The fourth-order valence-corrected chi connectivity index (χ4v) is 4.00. The van der Waals surface area contributed by atoms with Crippen LogP contribution in [0.3, 0.4) is 0 Å². The third-order valence-electron chi connectivity index (χ3n) is 3.64. The second-order valence-electron chi connectivity index (χ2n) is 5.63. The lowest BCUT2D eigenvalue weighted by molar-refractivity contribution is 0.519. The normalized spacial score (nSPS) is 11.8. The number of benzene rings is 1. The first-order valence-corrected chi connectivity index (χ1v) is 9.83. The van der Waals surface area contributed by atoms with Crippen LogP contribution < -0.4 is 5.56 Å². The molecule has 0 amide bonds. The largest absolute Gasteiger partial charge is 0.308 e. The number of thiazole rings is 1. The molecule has 0 atom stereocenters. The summed E-state index contributed by atoms with van der Waals surface area (Å²) in [5.41, 5.74) is 1.45. The van der Waals surface area contributed by atoms with E-state index in [1.807, 2.05) is 35.7 Å². The maximum Gasteiger partial charge on any atom is 0.250 e. The van der Waals surface area contributed by atoms with Gasteiger partial charge in [0.1, 0.15) is 5.01 Å². The van der Waals surface area contributed by atoms with Crippen molar-refractivity contribution in [3.63, 3.8) is 0 Å². The van der Waals surface area contributed by atoms with Crippen molar-refractivity contribution in [2.75, 3.05) is 14.1 Å². The number of pyridine rings is 1. The molecule has 25 heavy (non-hydrogen) atoms. The number of rotatable bonds is 5. The average Bonchev–Trinajstić information content (AvgIpc) is 3.06. The highest BCUT2D eigenvalue weighted by Gasteiger charge is 2.18. The van der Waals surface area contributed by atoms with Crippen molar-refractivity contribution in [2.24, 2.45) is 0 Å². The average molecular weight is 375 g/mol. The first-order chi connectivity index (χ1) is 11.9. The zero-order valence-electron chi connectivity index (χ0n) is 13.8. The molecule has 0 spiro atoms. The Labute approximate surface area is 150 Å². The standard InChI is InChI=1S/C17H17N3O3S2/c1-19(2)25(22,23)15-8-9-16(21)20(11-15)10-14-12-24-17(18-14)13-6-4-3-5-7-13/h3-9,11-12H,10H2,1-2H3. The van der Waals surface area contributed by atoms with Gasteiger partial charge in [0, 0.05) is 37.3 Å². The molecule has 0 aliphatic rings.